The van der Waals surface area contributed by atoms with E-state index in [0.717, 1.165) is 5.56 Å². The normalized spacial score (nSPS) is 9.87. The van der Waals surface area contributed by atoms with Crippen molar-refractivity contribution in [3.05, 3.63) is 72.3 Å². The fraction of sp³-hybridized carbons (Fsp3) is 0.0588. The molecule has 3 aromatic rings. The second-order valence-electron chi connectivity index (χ2n) is 4.78. The first-order chi connectivity index (χ1) is 11.3. The summed E-state index contributed by atoms with van der Waals surface area (Å²) < 4.78 is 0. The summed E-state index contributed by atoms with van der Waals surface area (Å²) in [7, 11) is 0. The van der Waals surface area contributed by atoms with Gasteiger partial charge in [-0.3, -0.25) is 4.98 Å². The molecule has 0 saturated carbocycles. The number of nitriles is 1. The highest BCUT2D eigenvalue weighted by Gasteiger charge is 2.03. The molecule has 2 heterocycles. The standard InChI is InChI=1S/C17H14N6/c18-10-14-3-1-2-4-15(14)23-17-9-16(21-12-22-17)20-11-13-5-7-19-8-6-13/h1-9,12H,11H2,(H2,20,21,22,23). The van der Waals surface area contributed by atoms with Crippen LogP contribution in [0.15, 0.2) is 61.2 Å². The van der Waals surface area contributed by atoms with Gasteiger partial charge in [-0.1, -0.05) is 12.1 Å². The molecule has 0 atom stereocenters. The van der Waals surface area contributed by atoms with Crippen LogP contribution in [-0.4, -0.2) is 15.0 Å². The van der Waals surface area contributed by atoms with Gasteiger partial charge < -0.3 is 10.6 Å². The maximum Gasteiger partial charge on any atom is 0.135 e. The average molecular weight is 302 g/mol. The van der Waals surface area contributed by atoms with Crippen LogP contribution in [0.1, 0.15) is 11.1 Å². The molecule has 2 aromatic heterocycles. The first-order valence-electron chi connectivity index (χ1n) is 7.06. The van der Waals surface area contributed by atoms with Crippen molar-refractivity contribution in [2.24, 2.45) is 0 Å². The van der Waals surface area contributed by atoms with Crippen molar-refractivity contribution in [2.45, 2.75) is 6.54 Å². The predicted octanol–water partition coefficient (Wildman–Crippen LogP) is 3.10. The molecule has 0 aliphatic heterocycles. The first-order valence-corrected chi connectivity index (χ1v) is 7.06. The maximum absolute atomic E-state index is 9.12. The second-order valence-corrected chi connectivity index (χ2v) is 4.78. The summed E-state index contributed by atoms with van der Waals surface area (Å²) in [6.07, 6.45) is 4.98. The van der Waals surface area contributed by atoms with Gasteiger partial charge in [-0.2, -0.15) is 5.26 Å². The van der Waals surface area contributed by atoms with Crippen LogP contribution >= 0.6 is 0 Å². The average Bonchev–Trinajstić information content (AvgIpc) is 2.62. The van der Waals surface area contributed by atoms with E-state index in [4.69, 9.17) is 5.26 Å². The molecule has 1 aromatic carbocycles. The van der Waals surface area contributed by atoms with Gasteiger partial charge >= 0.3 is 0 Å². The van der Waals surface area contributed by atoms with Gasteiger partial charge in [0, 0.05) is 25.0 Å². The van der Waals surface area contributed by atoms with Crippen LogP contribution in [-0.2, 0) is 6.54 Å². The minimum Gasteiger partial charge on any atom is -0.366 e. The topological polar surface area (TPSA) is 86.5 Å². The van der Waals surface area contributed by atoms with Gasteiger partial charge in [-0.25, -0.2) is 9.97 Å². The Morgan fingerprint density at radius 1 is 1.00 bits per heavy atom. The summed E-state index contributed by atoms with van der Waals surface area (Å²) in [4.78, 5) is 12.4. The lowest BCUT2D eigenvalue weighted by molar-refractivity contribution is 1.07. The quantitative estimate of drug-likeness (QED) is 0.753. The van der Waals surface area contributed by atoms with Gasteiger partial charge in [0.05, 0.1) is 11.3 Å². The number of aromatic nitrogens is 3. The molecule has 0 aliphatic rings. The number of benzene rings is 1. The first kappa shape index (κ1) is 14.5. The summed E-state index contributed by atoms with van der Waals surface area (Å²) in [5.74, 6) is 1.33. The summed E-state index contributed by atoms with van der Waals surface area (Å²) in [6.45, 7) is 0.647. The second kappa shape index (κ2) is 7.00. The van der Waals surface area contributed by atoms with Crippen molar-refractivity contribution in [1.82, 2.24) is 15.0 Å². The number of hydrogen-bond acceptors (Lipinski definition) is 6. The monoisotopic (exact) mass is 302 g/mol. The molecule has 112 valence electrons. The van der Waals surface area contributed by atoms with Crippen LogP contribution in [0.4, 0.5) is 17.3 Å². The Hall–Kier alpha value is -3.46. The van der Waals surface area contributed by atoms with Gasteiger partial charge in [0.15, 0.2) is 0 Å². The van der Waals surface area contributed by atoms with Crippen LogP contribution in [0.5, 0.6) is 0 Å². The molecule has 2 N–H and O–H groups in total. The fourth-order valence-electron chi connectivity index (χ4n) is 2.04. The molecular weight excluding hydrogens is 288 g/mol. The minimum absolute atomic E-state index is 0.567. The summed E-state index contributed by atoms with van der Waals surface area (Å²) in [5, 5.41) is 15.5. The number of hydrogen-bond donors (Lipinski definition) is 2. The third-order valence-corrected chi connectivity index (χ3v) is 3.20. The Morgan fingerprint density at radius 3 is 2.61 bits per heavy atom. The predicted molar refractivity (Wildman–Crippen MR) is 88.0 cm³/mol. The van der Waals surface area contributed by atoms with Gasteiger partial charge in [-0.15, -0.1) is 0 Å². The molecule has 0 spiro atoms. The Bertz CT molecular complexity index is 826. The van der Waals surface area contributed by atoms with Crippen LogP contribution < -0.4 is 10.6 Å². The lowest BCUT2D eigenvalue weighted by atomic mass is 10.2. The molecule has 0 unspecified atom stereocenters. The van der Waals surface area contributed by atoms with Crippen LogP contribution in [0.3, 0.4) is 0 Å². The third-order valence-electron chi connectivity index (χ3n) is 3.20. The van der Waals surface area contributed by atoms with E-state index in [9.17, 15) is 0 Å². The van der Waals surface area contributed by atoms with Crippen molar-refractivity contribution in [1.29, 1.82) is 5.26 Å². The zero-order valence-corrected chi connectivity index (χ0v) is 12.3. The van der Waals surface area contributed by atoms with Crippen molar-refractivity contribution in [2.75, 3.05) is 10.6 Å². The zero-order valence-electron chi connectivity index (χ0n) is 12.3. The van der Waals surface area contributed by atoms with Gasteiger partial charge in [0.25, 0.3) is 0 Å². The van der Waals surface area contributed by atoms with Gasteiger partial charge in [-0.05, 0) is 29.8 Å². The SMILES string of the molecule is N#Cc1ccccc1Nc1cc(NCc2ccncc2)ncn1. The number of pyridine rings is 1. The summed E-state index contributed by atoms with van der Waals surface area (Å²) in [5.41, 5.74) is 2.40. The van der Waals surface area contributed by atoms with E-state index in [-0.39, 0.29) is 0 Å². The highest BCUT2D eigenvalue weighted by molar-refractivity contribution is 5.65. The zero-order chi connectivity index (χ0) is 15.9. The highest BCUT2D eigenvalue weighted by atomic mass is 15.1. The summed E-state index contributed by atoms with van der Waals surface area (Å²) in [6, 6.07) is 15.1. The van der Waals surface area contributed by atoms with E-state index in [1.165, 1.54) is 6.33 Å². The Labute approximate surface area is 133 Å². The highest BCUT2D eigenvalue weighted by Crippen LogP contribution is 2.19. The molecule has 0 aliphatic carbocycles. The molecule has 0 saturated heterocycles. The lowest BCUT2D eigenvalue weighted by Gasteiger charge is -2.09. The molecule has 3 rings (SSSR count). The number of anilines is 3. The van der Waals surface area contributed by atoms with Crippen LogP contribution in [0, 0.1) is 11.3 Å². The lowest BCUT2D eigenvalue weighted by Crippen LogP contribution is -2.03. The number of para-hydroxylation sites is 1. The van der Waals surface area contributed by atoms with E-state index in [1.54, 1.807) is 24.5 Å². The molecule has 0 amide bonds. The summed E-state index contributed by atoms with van der Waals surface area (Å²) >= 11 is 0. The van der Waals surface area contributed by atoms with E-state index in [0.29, 0.717) is 29.4 Å². The smallest absolute Gasteiger partial charge is 0.135 e. The molecule has 0 bridgehead atoms. The molecular formula is C17H14N6. The van der Waals surface area contributed by atoms with Gasteiger partial charge in [0.1, 0.15) is 24.0 Å². The molecule has 6 nitrogen and oxygen atoms in total. The van der Waals surface area contributed by atoms with Crippen molar-refractivity contribution in [3.63, 3.8) is 0 Å². The minimum atomic E-state index is 0.567. The number of nitrogens with zero attached hydrogens (tertiary/aromatic N) is 4. The fourth-order valence-corrected chi connectivity index (χ4v) is 2.04. The Balaban J connectivity index is 1.71. The van der Waals surface area contributed by atoms with Crippen molar-refractivity contribution in [3.8, 4) is 6.07 Å². The number of rotatable bonds is 5. The maximum atomic E-state index is 9.12. The van der Waals surface area contributed by atoms with E-state index >= 15 is 0 Å². The van der Waals surface area contributed by atoms with Crippen molar-refractivity contribution < 1.29 is 0 Å². The molecule has 23 heavy (non-hydrogen) atoms. The van der Waals surface area contributed by atoms with Gasteiger partial charge in [0.2, 0.25) is 0 Å². The van der Waals surface area contributed by atoms with E-state index in [2.05, 4.69) is 31.7 Å². The van der Waals surface area contributed by atoms with Crippen LogP contribution in [0.2, 0.25) is 0 Å². The van der Waals surface area contributed by atoms with Crippen LogP contribution in [0.25, 0.3) is 0 Å². The molecule has 0 radical (unpaired) electrons. The largest absolute Gasteiger partial charge is 0.366 e. The van der Waals surface area contributed by atoms with E-state index < -0.39 is 0 Å². The van der Waals surface area contributed by atoms with E-state index in [1.807, 2.05) is 30.3 Å². The molecule has 6 heteroatoms. The third kappa shape index (κ3) is 3.80. The Kier molecular flexibility index (Phi) is 4.41. The molecule has 0 fully saturated rings. The number of nitrogens with one attached hydrogen (secondary N) is 2. The van der Waals surface area contributed by atoms with Crippen molar-refractivity contribution >= 4 is 17.3 Å². The Morgan fingerprint density at radius 2 is 1.78 bits per heavy atom.